The quantitative estimate of drug-likeness (QED) is 0.442. The second-order valence-electron chi connectivity index (χ2n) is 6.27. The van der Waals surface area contributed by atoms with Crippen LogP contribution in [0.1, 0.15) is 24.2 Å². The van der Waals surface area contributed by atoms with E-state index < -0.39 is 6.03 Å². The van der Waals surface area contributed by atoms with Gasteiger partial charge in [-0.05, 0) is 48.4 Å². The topological polar surface area (TPSA) is 72.0 Å². The molecule has 0 unspecified atom stereocenters. The van der Waals surface area contributed by atoms with Crippen LogP contribution in [0.4, 0.5) is 10.5 Å². The molecule has 29 heavy (non-hydrogen) atoms. The molecular weight excluding hydrogens is 366 g/mol. The average Bonchev–Trinajstić information content (AvgIpc) is 2.76. The Morgan fingerprint density at radius 3 is 2.34 bits per heavy atom. The SMILES string of the molecule is COc1cc(/C=N\NC(=O)Nc2ccccc2)ccc1O[C@@H](C)c1ccccc1. The van der Waals surface area contributed by atoms with E-state index in [1.54, 1.807) is 25.3 Å². The summed E-state index contributed by atoms with van der Waals surface area (Å²) in [5.74, 6) is 1.22. The third-order valence-corrected chi connectivity index (χ3v) is 4.17. The summed E-state index contributed by atoms with van der Waals surface area (Å²) < 4.78 is 11.5. The number of ether oxygens (including phenoxy) is 2. The van der Waals surface area contributed by atoms with Gasteiger partial charge in [0.05, 0.1) is 13.3 Å². The van der Waals surface area contributed by atoms with Crippen molar-refractivity contribution < 1.29 is 14.3 Å². The van der Waals surface area contributed by atoms with Crippen molar-refractivity contribution in [2.75, 3.05) is 12.4 Å². The maximum atomic E-state index is 11.9. The average molecular weight is 389 g/mol. The Hall–Kier alpha value is -3.80. The number of hydrogen-bond donors (Lipinski definition) is 2. The van der Waals surface area contributed by atoms with Crippen molar-refractivity contribution in [3.63, 3.8) is 0 Å². The minimum absolute atomic E-state index is 0.118. The molecule has 0 spiro atoms. The van der Waals surface area contributed by atoms with Crippen LogP contribution in [0.5, 0.6) is 11.5 Å². The molecule has 0 bridgehead atoms. The van der Waals surface area contributed by atoms with Crippen molar-refractivity contribution in [1.82, 2.24) is 5.43 Å². The highest BCUT2D eigenvalue weighted by Gasteiger charge is 2.11. The number of benzene rings is 3. The Balaban J connectivity index is 1.60. The van der Waals surface area contributed by atoms with Gasteiger partial charge in [-0.3, -0.25) is 0 Å². The number of nitrogens with one attached hydrogen (secondary N) is 2. The van der Waals surface area contributed by atoms with E-state index in [9.17, 15) is 4.79 Å². The molecule has 0 aliphatic carbocycles. The van der Waals surface area contributed by atoms with Crippen LogP contribution in [0.15, 0.2) is 84.0 Å². The molecule has 0 aromatic heterocycles. The van der Waals surface area contributed by atoms with Gasteiger partial charge in [-0.15, -0.1) is 0 Å². The lowest BCUT2D eigenvalue weighted by Crippen LogP contribution is -2.24. The fraction of sp³-hybridized carbons (Fsp3) is 0.130. The van der Waals surface area contributed by atoms with Gasteiger partial charge in [0.1, 0.15) is 6.10 Å². The van der Waals surface area contributed by atoms with E-state index >= 15 is 0 Å². The van der Waals surface area contributed by atoms with Crippen molar-refractivity contribution in [3.8, 4) is 11.5 Å². The highest BCUT2D eigenvalue weighted by atomic mass is 16.5. The Morgan fingerprint density at radius 2 is 1.66 bits per heavy atom. The number of hydrazone groups is 1. The molecule has 0 heterocycles. The van der Waals surface area contributed by atoms with E-state index in [0.29, 0.717) is 17.2 Å². The Morgan fingerprint density at radius 1 is 0.966 bits per heavy atom. The van der Waals surface area contributed by atoms with Gasteiger partial charge in [0.25, 0.3) is 0 Å². The predicted molar refractivity (Wildman–Crippen MR) is 115 cm³/mol. The lowest BCUT2D eigenvalue weighted by Gasteiger charge is -2.17. The molecule has 6 nitrogen and oxygen atoms in total. The molecule has 148 valence electrons. The molecule has 2 N–H and O–H groups in total. The number of carbonyl (C=O) groups is 1. The summed E-state index contributed by atoms with van der Waals surface area (Å²) in [6.07, 6.45) is 1.42. The van der Waals surface area contributed by atoms with E-state index in [0.717, 1.165) is 11.1 Å². The molecule has 1 atom stereocenters. The maximum Gasteiger partial charge on any atom is 0.339 e. The van der Waals surface area contributed by atoms with Gasteiger partial charge < -0.3 is 14.8 Å². The smallest absolute Gasteiger partial charge is 0.339 e. The van der Waals surface area contributed by atoms with Gasteiger partial charge in [0.15, 0.2) is 11.5 Å². The molecule has 3 aromatic rings. The first-order valence-electron chi connectivity index (χ1n) is 9.20. The first-order chi connectivity index (χ1) is 14.2. The van der Waals surface area contributed by atoms with Crippen molar-refractivity contribution >= 4 is 17.9 Å². The minimum Gasteiger partial charge on any atom is -0.493 e. The fourth-order valence-electron chi connectivity index (χ4n) is 2.69. The number of hydrogen-bond acceptors (Lipinski definition) is 4. The first-order valence-corrected chi connectivity index (χ1v) is 9.20. The summed E-state index contributed by atoms with van der Waals surface area (Å²) in [5.41, 5.74) is 4.97. The summed E-state index contributed by atoms with van der Waals surface area (Å²) in [4.78, 5) is 11.9. The number of methoxy groups -OCH3 is 1. The lowest BCUT2D eigenvalue weighted by molar-refractivity contribution is 0.216. The monoisotopic (exact) mass is 389 g/mol. The van der Waals surface area contributed by atoms with Crippen LogP contribution < -0.4 is 20.2 Å². The van der Waals surface area contributed by atoms with Crippen molar-refractivity contribution in [1.29, 1.82) is 0 Å². The van der Waals surface area contributed by atoms with Gasteiger partial charge in [-0.2, -0.15) is 5.10 Å². The second kappa shape index (κ2) is 9.94. The van der Waals surface area contributed by atoms with Gasteiger partial charge in [-0.25, -0.2) is 10.2 Å². The second-order valence-corrected chi connectivity index (χ2v) is 6.27. The first kappa shape index (κ1) is 19.9. The number of nitrogens with zero attached hydrogens (tertiary/aromatic N) is 1. The third-order valence-electron chi connectivity index (χ3n) is 4.17. The van der Waals surface area contributed by atoms with Crippen LogP contribution in [-0.4, -0.2) is 19.4 Å². The zero-order valence-corrected chi connectivity index (χ0v) is 16.3. The molecule has 0 fully saturated rings. The van der Waals surface area contributed by atoms with Gasteiger partial charge >= 0.3 is 6.03 Å². The van der Waals surface area contributed by atoms with Crippen LogP contribution in [-0.2, 0) is 0 Å². The zero-order chi connectivity index (χ0) is 20.5. The normalized spacial score (nSPS) is 11.7. The summed E-state index contributed by atoms with van der Waals surface area (Å²) >= 11 is 0. The zero-order valence-electron chi connectivity index (χ0n) is 16.3. The predicted octanol–water partition coefficient (Wildman–Crippen LogP) is 4.99. The van der Waals surface area contributed by atoms with E-state index in [1.165, 1.54) is 6.21 Å². The Kier molecular flexibility index (Phi) is 6.84. The van der Waals surface area contributed by atoms with Crippen molar-refractivity contribution in [3.05, 3.63) is 90.0 Å². The number of rotatable bonds is 7. The summed E-state index contributed by atoms with van der Waals surface area (Å²) in [5, 5.41) is 6.66. The van der Waals surface area contributed by atoms with Crippen molar-refractivity contribution in [2.24, 2.45) is 5.10 Å². The molecule has 0 saturated heterocycles. The number of carbonyl (C=O) groups excluding carboxylic acids is 1. The van der Waals surface area contributed by atoms with Crippen LogP contribution in [0.2, 0.25) is 0 Å². The molecule has 0 radical (unpaired) electrons. The van der Waals surface area contributed by atoms with E-state index in [4.69, 9.17) is 9.47 Å². The lowest BCUT2D eigenvalue weighted by atomic mass is 10.1. The minimum atomic E-state index is -0.420. The molecule has 0 saturated carbocycles. The summed E-state index contributed by atoms with van der Waals surface area (Å²) in [6, 6.07) is 24.2. The van der Waals surface area contributed by atoms with Gasteiger partial charge in [0, 0.05) is 5.69 Å². The van der Waals surface area contributed by atoms with E-state index in [1.807, 2.05) is 67.6 Å². The molecule has 0 aliphatic rings. The van der Waals surface area contributed by atoms with Crippen LogP contribution in [0.25, 0.3) is 0 Å². The van der Waals surface area contributed by atoms with Crippen LogP contribution in [0.3, 0.4) is 0 Å². The Bertz CT molecular complexity index is 960. The van der Waals surface area contributed by atoms with Crippen LogP contribution in [0, 0.1) is 0 Å². The van der Waals surface area contributed by atoms with Crippen molar-refractivity contribution in [2.45, 2.75) is 13.0 Å². The number of para-hydroxylation sites is 1. The molecule has 3 rings (SSSR count). The number of amides is 2. The number of urea groups is 1. The van der Waals surface area contributed by atoms with Crippen LogP contribution >= 0.6 is 0 Å². The molecule has 2 amide bonds. The Labute approximate surface area is 170 Å². The third kappa shape index (κ3) is 5.84. The highest BCUT2D eigenvalue weighted by molar-refractivity contribution is 5.90. The molecule has 3 aromatic carbocycles. The highest BCUT2D eigenvalue weighted by Crippen LogP contribution is 2.31. The fourth-order valence-corrected chi connectivity index (χ4v) is 2.69. The molecule has 0 aliphatic heterocycles. The summed E-state index contributed by atoms with van der Waals surface area (Å²) in [7, 11) is 1.59. The molecular formula is C23H23N3O3. The molecule has 6 heteroatoms. The standard InChI is InChI=1S/C23H23N3O3/c1-17(19-9-5-3-6-10-19)29-21-14-13-18(15-22(21)28-2)16-24-26-23(27)25-20-11-7-4-8-12-20/h3-17H,1-2H3,(H2,25,26,27)/b24-16-/t17-/m0/s1. The number of anilines is 1. The van der Waals surface area contributed by atoms with E-state index in [-0.39, 0.29) is 6.10 Å². The van der Waals surface area contributed by atoms with E-state index in [2.05, 4.69) is 15.8 Å². The summed E-state index contributed by atoms with van der Waals surface area (Å²) in [6.45, 7) is 1.99. The van der Waals surface area contributed by atoms with Gasteiger partial charge in [-0.1, -0.05) is 48.5 Å². The van der Waals surface area contributed by atoms with Gasteiger partial charge in [0.2, 0.25) is 0 Å². The largest absolute Gasteiger partial charge is 0.493 e. The maximum absolute atomic E-state index is 11.9.